The Balaban J connectivity index is 2.17. The zero-order valence-corrected chi connectivity index (χ0v) is 12.1. The monoisotopic (exact) mass is 293 g/mol. The lowest BCUT2D eigenvalue weighted by Gasteiger charge is -2.14. The fraction of sp³-hybridized carbons (Fsp3) is 0.286. The molecule has 0 aliphatic carbocycles. The van der Waals surface area contributed by atoms with Crippen LogP contribution in [0.5, 0.6) is 0 Å². The highest BCUT2D eigenvalue weighted by molar-refractivity contribution is 6.33. The van der Waals surface area contributed by atoms with Gasteiger partial charge < -0.3 is 10.4 Å². The Labute approximate surface area is 122 Å². The van der Waals surface area contributed by atoms with Gasteiger partial charge in [-0.1, -0.05) is 11.6 Å². The van der Waals surface area contributed by atoms with Crippen LogP contribution in [0.25, 0.3) is 0 Å². The van der Waals surface area contributed by atoms with E-state index in [0.717, 1.165) is 12.1 Å². The van der Waals surface area contributed by atoms with Gasteiger partial charge in [0.1, 0.15) is 0 Å². The second kappa shape index (κ2) is 5.96. The number of benzene rings is 1. The summed E-state index contributed by atoms with van der Waals surface area (Å²) in [5.74, 6) is -1.04. The van der Waals surface area contributed by atoms with Crippen molar-refractivity contribution in [2.45, 2.75) is 26.4 Å². The Bertz CT molecular complexity index is 625. The summed E-state index contributed by atoms with van der Waals surface area (Å²) in [6, 6.07) is 4.90. The summed E-state index contributed by atoms with van der Waals surface area (Å²) in [6.07, 6.45) is 3.76. The maximum absolute atomic E-state index is 11.0. The topological polar surface area (TPSA) is 67.2 Å². The number of carbonyl (C=O) groups is 1. The van der Waals surface area contributed by atoms with Crippen molar-refractivity contribution in [1.29, 1.82) is 0 Å². The minimum Gasteiger partial charge on any atom is -0.478 e. The molecular formula is C14H16ClN3O2. The van der Waals surface area contributed by atoms with Crippen molar-refractivity contribution in [3.63, 3.8) is 0 Å². The van der Waals surface area contributed by atoms with Crippen LogP contribution < -0.4 is 5.32 Å². The van der Waals surface area contributed by atoms with Crippen molar-refractivity contribution in [3.05, 3.63) is 46.7 Å². The molecule has 0 aliphatic heterocycles. The second-order valence-electron chi connectivity index (χ2n) is 4.50. The number of nitrogens with zero attached hydrogens (tertiary/aromatic N) is 2. The van der Waals surface area contributed by atoms with E-state index >= 15 is 0 Å². The van der Waals surface area contributed by atoms with E-state index in [2.05, 4.69) is 10.4 Å². The molecule has 20 heavy (non-hydrogen) atoms. The minimum absolute atomic E-state index is 0.0260. The number of rotatable bonds is 5. The van der Waals surface area contributed by atoms with Crippen molar-refractivity contribution in [3.8, 4) is 0 Å². The Kier molecular flexibility index (Phi) is 4.29. The van der Waals surface area contributed by atoms with Crippen LogP contribution in [0.4, 0.5) is 5.69 Å². The lowest BCUT2D eigenvalue weighted by molar-refractivity contribution is 0.0697. The molecule has 0 saturated heterocycles. The molecule has 1 aromatic heterocycles. The fourth-order valence-electron chi connectivity index (χ4n) is 1.89. The molecule has 1 heterocycles. The van der Waals surface area contributed by atoms with Gasteiger partial charge >= 0.3 is 5.97 Å². The number of carboxylic acid groups (broad SMARTS) is 1. The molecule has 0 bridgehead atoms. The molecule has 0 fully saturated rings. The van der Waals surface area contributed by atoms with Crippen LogP contribution in [0, 0.1) is 0 Å². The smallest absolute Gasteiger partial charge is 0.337 e. The quantitative estimate of drug-likeness (QED) is 0.886. The maximum atomic E-state index is 11.0. The first-order valence-electron chi connectivity index (χ1n) is 6.33. The number of anilines is 1. The third-order valence-corrected chi connectivity index (χ3v) is 3.39. The van der Waals surface area contributed by atoms with Gasteiger partial charge in [-0.25, -0.2) is 4.79 Å². The van der Waals surface area contributed by atoms with Crippen molar-refractivity contribution < 1.29 is 9.90 Å². The zero-order chi connectivity index (χ0) is 14.7. The van der Waals surface area contributed by atoms with Crippen molar-refractivity contribution in [2.75, 3.05) is 5.32 Å². The molecule has 2 aromatic rings. The molecule has 2 N–H and O–H groups in total. The summed E-state index contributed by atoms with van der Waals surface area (Å²) < 4.78 is 1.85. The average Bonchev–Trinajstić information content (AvgIpc) is 2.89. The lowest BCUT2D eigenvalue weighted by atomic mass is 10.1. The standard InChI is InChI=1S/C14H16ClN3O2/c1-3-18-8-10(7-16-18)9(2)17-11-4-5-13(15)12(6-11)14(19)20/h4-9,17H,3H2,1-2H3,(H,19,20). The first kappa shape index (κ1) is 14.4. The van der Waals surface area contributed by atoms with Gasteiger partial charge in [0, 0.05) is 24.0 Å². The first-order valence-corrected chi connectivity index (χ1v) is 6.70. The van der Waals surface area contributed by atoms with Gasteiger partial charge in [-0.3, -0.25) is 4.68 Å². The first-order chi connectivity index (χ1) is 9.51. The molecule has 1 aromatic carbocycles. The Morgan fingerprint density at radius 3 is 2.90 bits per heavy atom. The molecule has 106 valence electrons. The predicted molar refractivity (Wildman–Crippen MR) is 78.4 cm³/mol. The van der Waals surface area contributed by atoms with Crippen LogP contribution in [-0.2, 0) is 6.54 Å². The molecule has 5 nitrogen and oxygen atoms in total. The van der Waals surface area contributed by atoms with E-state index in [9.17, 15) is 4.79 Å². The highest BCUT2D eigenvalue weighted by atomic mass is 35.5. The van der Waals surface area contributed by atoms with Crippen LogP contribution in [0.3, 0.4) is 0 Å². The Hall–Kier alpha value is -2.01. The lowest BCUT2D eigenvalue weighted by Crippen LogP contribution is -2.07. The molecule has 0 spiro atoms. The van der Waals surface area contributed by atoms with E-state index < -0.39 is 5.97 Å². The highest BCUT2D eigenvalue weighted by Gasteiger charge is 2.12. The van der Waals surface area contributed by atoms with Crippen molar-refractivity contribution >= 4 is 23.3 Å². The summed E-state index contributed by atoms with van der Waals surface area (Å²) in [5.41, 5.74) is 1.84. The van der Waals surface area contributed by atoms with E-state index in [1.165, 1.54) is 6.07 Å². The third-order valence-electron chi connectivity index (χ3n) is 3.06. The number of hydrogen-bond donors (Lipinski definition) is 2. The summed E-state index contributed by atoms with van der Waals surface area (Å²) >= 11 is 5.84. The molecule has 0 radical (unpaired) electrons. The van der Waals surface area contributed by atoms with Gasteiger partial charge in [-0.15, -0.1) is 0 Å². The maximum Gasteiger partial charge on any atom is 0.337 e. The largest absolute Gasteiger partial charge is 0.478 e. The highest BCUT2D eigenvalue weighted by Crippen LogP contribution is 2.24. The van der Waals surface area contributed by atoms with E-state index in [4.69, 9.17) is 16.7 Å². The number of aromatic nitrogens is 2. The van der Waals surface area contributed by atoms with Gasteiger partial charge in [0.2, 0.25) is 0 Å². The van der Waals surface area contributed by atoms with Crippen molar-refractivity contribution in [2.24, 2.45) is 0 Å². The third kappa shape index (κ3) is 3.11. The van der Waals surface area contributed by atoms with Crippen molar-refractivity contribution in [1.82, 2.24) is 9.78 Å². The molecule has 6 heteroatoms. The molecular weight excluding hydrogens is 278 g/mol. The summed E-state index contributed by atoms with van der Waals surface area (Å²) in [4.78, 5) is 11.0. The fourth-order valence-corrected chi connectivity index (χ4v) is 2.09. The van der Waals surface area contributed by atoms with Crippen LogP contribution in [0.2, 0.25) is 5.02 Å². The molecule has 1 unspecified atom stereocenters. The van der Waals surface area contributed by atoms with Crippen LogP contribution >= 0.6 is 11.6 Å². The number of nitrogens with one attached hydrogen (secondary N) is 1. The number of carboxylic acids is 1. The Morgan fingerprint density at radius 2 is 2.30 bits per heavy atom. The van der Waals surface area contributed by atoms with Gasteiger partial charge in [0.25, 0.3) is 0 Å². The molecule has 2 rings (SSSR count). The molecule has 0 aliphatic rings. The minimum atomic E-state index is -1.04. The zero-order valence-electron chi connectivity index (χ0n) is 11.3. The summed E-state index contributed by atoms with van der Waals surface area (Å²) in [7, 11) is 0. The van der Waals surface area contributed by atoms with E-state index in [-0.39, 0.29) is 16.6 Å². The molecule has 0 amide bonds. The number of aromatic carboxylic acids is 1. The number of hydrogen-bond acceptors (Lipinski definition) is 3. The van der Waals surface area contributed by atoms with Gasteiger partial charge in [0.15, 0.2) is 0 Å². The summed E-state index contributed by atoms with van der Waals surface area (Å²) in [6.45, 7) is 4.83. The Morgan fingerprint density at radius 1 is 1.55 bits per heavy atom. The van der Waals surface area contributed by atoms with Crippen LogP contribution in [-0.4, -0.2) is 20.9 Å². The molecule has 0 saturated carbocycles. The van der Waals surface area contributed by atoms with E-state index in [0.29, 0.717) is 5.69 Å². The van der Waals surface area contributed by atoms with Gasteiger partial charge in [-0.05, 0) is 32.0 Å². The normalized spacial score (nSPS) is 12.2. The van der Waals surface area contributed by atoms with E-state index in [1.54, 1.807) is 18.3 Å². The van der Waals surface area contributed by atoms with Crippen LogP contribution in [0.15, 0.2) is 30.6 Å². The average molecular weight is 294 g/mol. The SMILES string of the molecule is CCn1cc(C(C)Nc2ccc(Cl)c(C(=O)O)c2)cn1. The predicted octanol–water partition coefficient (Wildman–Crippen LogP) is 3.43. The van der Waals surface area contributed by atoms with Gasteiger partial charge in [-0.2, -0.15) is 5.10 Å². The second-order valence-corrected chi connectivity index (χ2v) is 4.90. The number of halogens is 1. The van der Waals surface area contributed by atoms with Gasteiger partial charge in [0.05, 0.1) is 22.8 Å². The van der Waals surface area contributed by atoms with E-state index in [1.807, 2.05) is 24.7 Å². The van der Waals surface area contributed by atoms with Crippen LogP contribution in [0.1, 0.15) is 35.8 Å². The summed E-state index contributed by atoms with van der Waals surface area (Å²) in [5, 5.41) is 16.7. The molecule has 1 atom stereocenters. The number of aryl methyl sites for hydroxylation is 1.